The number of rotatable bonds is 2. The van der Waals surface area contributed by atoms with Gasteiger partial charge in [0.2, 0.25) is 0 Å². The summed E-state index contributed by atoms with van der Waals surface area (Å²) in [5.41, 5.74) is 3.04. The lowest BCUT2D eigenvalue weighted by atomic mass is 9.93. The van der Waals surface area contributed by atoms with E-state index in [-0.39, 0.29) is 12.1 Å². The van der Waals surface area contributed by atoms with Gasteiger partial charge in [-0.2, -0.15) is 5.10 Å². The number of H-pyrrole nitrogens is 1. The third-order valence-corrected chi connectivity index (χ3v) is 5.09. The van der Waals surface area contributed by atoms with Gasteiger partial charge in [0.05, 0.1) is 17.9 Å². The molecule has 1 atom stereocenters. The lowest BCUT2D eigenvalue weighted by molar-refractivity contribution is 0.194. The lowest BCUT2D eigenvalue weighted by Gasteiger charge is -2.36. The molecule has 4 rings (SSSR count). The third-order valence-electron chi connectivity index (χ3n) is 4.09. The first-order valence-corrected chi connectivity index (χ1v) is 8.38. The molecule has 0 bridgehead atoms. The topological polar surface area (TPSA) is 61.0 Å². The van der Waals surface area contributed by atoms with Gasteiger partial charge in [0, 0.05) is 17.6 Å². The van der Waals surface area contributed by atoms with Gasteiger partial charge in [0.1, 0.15) is 0 Å². The summed E-state index contributed by atoms with van der Waals surface area (Å²) in [5.74, 6) is 0. The highest BCUT2D eigenvalue weighted by molar-refractivity contribution is 7.10. The second-order valence-electron chi connectivity index (χ2n) is 5.47. The van der Waals surface area contributed by atoms with Crippen LogP contribution in [0.1, 0.15) is 22.0 Å². The molecule has 1 unspecified atom stereocenters. The van der Waals surface area contributed by atoms with Gasteiger partial charge in [-0.25, -0.2) is 4.79 Å². The number of aromatic amines is 1. The summed E-state index contributed by atoms with van der Waals surface area (Å²) in [7, 11) is 0. The van der Waals surface area contributed by atoms with Crippen molar-refractivity contribution in [1.29, 1.82) is 0 Å². The van der Waals surface area contributed by atoms with Crippen LogP contribution in [0.25, 0.3) is 0 Å². The van der Waals surface area contributed by atoms with Crippen molar-refractivity contribution in [3.05, 3.63) is 70.2 Å². The molecule has 3 aromatic rings. The van der Waals surface area contributed by atoms with Crippen molar-refractivity contribution in [2.45, 2.75) is 12.5 Å². The highest BCUT2D eigenvalue weighted by Gasteiger charge is 2.32. The number of benzene rings is 1. The lowest BCUT2D eigenvalue weighted by Crippen LogP contribution is -2.42. The van der Waals surface area contributed by atoms with E-state index >= 15 is 0 Å². The number of aromatic nitrogens is 2. The van der Waals surface area contributed by atoms with Crippen LogP contribution >= 0.6 is 11.3 Å². The Morgan fingerprint density at radius 1 is 1.30 bits per heavy atom. The normalized spacial score (nSPS) is 16.9. The van der Waals surface area contributed by atoms with Crippen LogP contribution in [0.5, 0.6) is 0 Å². The number of carbonyl (C=O) groups excluding carboxylic acids is 1. The maximum atomic E-state index is 12.8. The second kappa shape index (κ2) is 5.89. The predicted octanol–water partition coefficient (Wildman–Crippen LogP) is 3.65. The van der Waals surface area contributed by atoms with Crippen LogP contribution in [0.4, 0.5) is 10.5 Å². The first-order valence-electron chi connectivity index (χ1n) is 7.50. The zero-order valence-corrected chi connectivity index (χ0v) is 13.2. The molecule has 0 saturated heterocycles. The van der Waals surface area contributed by atoms with Crippen molar-refractivity contribution in [2.24, 2.45) is 0 Å². The quantitative estimate of drug-likeness (QED) is 0.756. The summed E-state index contributed by atoms with van der Waals surface area (Å²) < 4.78 is 0. The average molecular weight is 324 g/mol. The van der Waals surface area contributed by atoms with Crippen molar-refractivity contribution < 1.29 is 4.79 Å². The Kier molecular flexibility index (Phi) is 3.59. The largest absolute Gasteiger partial charge is 0.322 e. The maximum Gasteiger partial charge on any atom is 0.322 e. The SMILES string of the molecule is O=C(Nc1cn[nH]c1)N1CCc2sccc2C1c1ccccc1. The molecule has 0 saturated carbocycles. The van der Waals surface area contributed by atoms with Crippen LogP contribution in [0, 0.1) is 0 Å². The molecule has 1 aliphatic heterocycles. The smallest absolute Gasteiger partial charge is 0.313 e. The number of thiophene rings is 1. The average Bonchev–Trinajstić information content (AvgIpc) is 3.25. The Labute approximate surface area is 138 Å². The number of hydrogen-bond donors (Lipinski definition) is 2. The first kappa shape index (κ1) is 14.0. The van der Waals surface area contributed by atoms with E-state index in [9.17, 15) is 4.79 Å². The van der Waals surface area contributed by atoms with E-state index in [1.54, 1.807) is 23.7 Å². The fourth-order valence-electron chi connectivity index (χ4n) is 3.04. The van der Waals surface area contributed by atoms with Crippen molar-refractivity contribution >= 4 is 23.1 Å². The van der Waals surface area contributed by atoms with Gasteiger partial charge in [-0.15, -0.1) is 11.3 Å². The van der Waals surface area contributed by atoms with Gasteiger partial charge in [0.15, 0.2) is 0 Å². The summed E-state index contributed by atoms with van der Waals surface area (Å²) >= 11 is 1.77. The molecule has 116 valence electrons. The molecule has 5 nitrogen and oxygen atoms in total. The van der Waals surface area contributed by atoms with Crippen molar-refractivity contribution in [3.63, 3.8) is 0 Å². The predicted molar refractivity (Wildman–Crippen MR) is 90.6 cm³/mol. The van der Waals surface area contributed by atoms with Crippen molar-refractivity contribution in [2.75, 3.05) is 11.9 Å². The van der Waals surface area contributed by atoms with E-state index < -0.39 is 0 Å². The van der Waals surface area contributed by atoms with Crippen LogP contribution in [0.15, 0.2) is 54.2 Å². The van der Waals surface area contributed by atoms with Gasteiger partial charge in [-0.1, -0.05) is 30.3 Å². The van der Waals surface area contributed by atoms with Gasteiger partial charge in [0.25, 0.3) is 0 Å². The van der Waals surface area contributed by atoms with Gasteiger partial charge in [-0.05, 0) is 29.0 Å². The molecule has 6 heteroatoms. The van der Waals surface area contributed by atoms with E-state index in [2.05, 4.69) is 39.1 Å². The van der Waals surface area contributed by atoms with E-state index in [0.29, 0.717) is 12.2 Å². The standard InChI is InChI=1S/C17H16N4OS/c22-17(20-13-10-18-19-11-13)21-8-6-15-14(7-9-23-15)16(21)12-4-2-1-3-5-12/h1-5,7,9-11,16H,6,8H2,(H,18,19)(H,20,22). The minimum absolute atomic E-state index is 0.0434. The Hall–Kier alpha value is -2.60. The number of nitrogens with one attached hydrogen (secondary N) is 2. The van der Waals surface area contributed by atoms with Crippen LogP contribution in [0.3, 0.4) is 0 Å². The number of anilines is 1. The molecule has 23 heavy (non-hydrogen) atoms. The van der Waals surface area contributed by atoms with Crippen molar-refractivity contribution in [1.82, 2.24) is 15.1 Å². The molecule has 0 fully saturated rings. The zero-order valence-electron chi connectivity index (χ0n) is 12.4. The van der Waals surface area contributed by atoms with E-state index in [0.717, 1.165) is 12.0 Å². The number of fused-ring (bicyclic) bond motifs is 1. The van der Waals surface area contributed by atoms with Crippen LogP contribution < -0.4 is 5.32 Å². The van der Waals surface area contributed by atoms with Crippen molar-refractivity contribution in [3.8, 4) is 0 Å². The summed E-state index contributed by atoms with van der Waals surface area (Å²) in [4.78, 5) is 16.0. The molecule has 0 aliphatic carbocycles. The number of urea groups is 1. The van der Waals surface area contributed by atoms with E-state index in [1.165, 1.54) is 10.4 Å². The summed E-state index contributed by atoms with van der Waals surface area (Å²) in [6.45, 7) is 0.705. The Bertz CT molecular complexity index is 797. The second-order valence-corrected chi connectivity index (χ2v) is 6.47. The Balaban J connectivity index is 1.69. The van der Waals surface area contributed by atoms with Crippen LogP contribution in [-0.2, 0) is 6.42 Å². The highest BCUT2D eigenvalue weighted by atomic mass is 32.1. The molecule has 2 amide bonds. The summed E-state index contributed by atoms with van der Waals surface area (Å²) in [6, 6.07) is 12.2. The first-order chi connectivity index (χ1) is 11.3. The van der Waals surface area contributed by atoms with Gasteiger partial charge < -0.3 is 10.2 Å². The Morgan fingerprint density at radius 3 is 2.96 bits per heavy atom. The Morgan fingerprint density at radius 2 is 2.17 bits per heavy atom. The molecule has 3 heterocycles. The number of nitrogens with zero attached hydrogens (tertiary/aromatic N) is 2. The molecular formula is C17H16N4OS. The number of hydrogen-bond acceptors (Lipinski definition) is 3. The highest BCUT2D eigenvalue weighted by Crippen LogP contribution is 2.37. The molecule has 2 aromatic heterocycles. The molecule has 0 spiro atoms. The van der Waals surface area contributed by atoms with Gasteiger partial charge in [-0.3, -0.25) is 5.10 Å². The minimum Gasteiger partial charge on any atom is -0.313 e. The number of amides is 2. The zero-order chi connectivity index (χ0) is 15.6. The molecule has 1 aliphatic rings. The van der Waals surface area contributed by atoms with E-state index in [1.807, 2.05) is 23.1 Å². The third kappa shape index (κ3) is 2.61. The maximum absolute atomic E-state index is 12.8. The minimum atomic E-state index is -0.0999. The number of carbonyl (C=O) groups is 1. The fraction of sp³-hybridized carbons (Fsp3) is 0.176. The summed E-state index contributed by atoms with van der Waals surface area (Å²) in [5, 5.41) is 11.6. The van der Waals surface area contributed by atoms with Crippen LogP contribution in [-0.4, -0.2) is 27.7 Å². The van der Waals surface area contributed by atoms with Crippen LogP contribution in [0.2, 0.25) is 0 Å². The molecular weight excluding hydrogens is 308 g/mol. The molecule has 2 N–H and O–H groups in total. The fourth-order valence-corrected chi connectivity index (χ4v) is 3.95. The van der Waals surface area contributed by atoms with E-state index in [4.69, 9.17) is 0 Å². The summed E-state index contributed by atoms with van der Waals surface area (Å²) in [6.07, 6.45) is 4.18. The molecule has 1 aromatic carbocycles. The monoisotopic (exact) mass is 324 g/mol. The molecule has 0 radical (unpaired) electrons. The van der Waals surface area contributed by atoms with Gasteiger partial charge >= 0.3 is 6.03 Å².